The third kappa shape index (κ3) is 7.49. The fraction of sp³-hybridized carbons (Fsp3) is 0.0137. The molecule has 0 saturated carbocycles. The Morgan fingerprint density at radius 2 is 0.667 bits per heavy atom. The number of para-hydroxylation sites is 1. The van der Waals surface area contributed by atoms with E-state index in [0.29, 0.717) is 0 Å². The third-order valence-corrected chi connectivity index (χ3v) is 15.4. The van der Waals surface area contributed by atoms with E-state index in [-0.39, 0.29) is 0 Å². The largest absolute Gasteiger partial charge is 0.456 e. The van der Waals surface area contributed by atoms with Crippen LogP contribution in [0.5, 0.6) is 0 Å². The minimum atomic E-state index is -0.470. The van der Waals surface area contributed by atoms with E-state index in [9.17, 15) is 0 Å². The molecule has 0 aliphatic heterocycles. The van der Waals surface area contributed by atoms with Gasteiger partial charge in [-0.3, -0.25) is 0 Å². The summed E-state index contributed by atoms with van der Waals surface area (Å²) in [5.41, 5.74) is 23.9. The summed E-state index contributed by atoms with van der Waals surface area (Å²) in [5.74, 6) is 0. The molecule has 2 heteroatoms. The molecule has 1 aliphatic rings. The molecule has 1 aromatic heterocycles. The maximum atomic E-state index is 6.32. The van der Waals surface area contributed by atoms with Gasteiger partial charge in [0, 0.05) is 27.8 Å². The van der Waals surface area contributed by atoms with E-state index < -0.39 is 5.41 Å². The second-order valence-electron chi connectivity index (χ2n) is 19.5. The summed E-state index contributed by atoms with van der Waals surface area (Å²) in [6, 6.07) is 108. The van der Waals surface area contributed by atoms with Crippen LogP contribution >= 0.6 is 0 Å². The average Bonchev–Trinajstić information content (AvgIpc) is 4.04. The van der Waals surface area contributed by atoms with Gasteiger partial charge in [0.05, 0.1) is 5.41 Å². The van der Waals surface area contributed by atoms with Gasteiger partial charge in [-0.25, -0.2) is 0 Å². The van der Waals surface area contributed by atoms with Gasteiger partial charge in [0.1, 0.15) is 11.2 Å². The van der Waals surface area contributed by atoms with Crippen LogP contribution in [-0.2, 0) is 5.41 Å². The van der Waals surface area contributed by atoms with E-state index >= 15 is 0 Å². The Hall–Kier alpha value is -9.76. The van der Waals surface area contributed by atoms with E-state index in [0.717, 1.165) is 55.7 Å². The van der Waals surface area contributed by atoms with Gasteiger partial charge in [0.2, 0.25) is 0 Å². The Bertz CT molecular complexity index is 4080. The molecule has 0 radical (unpaired) electrons. The predicted molar refractivity (Wildman–Crippen MR) is 313 cm³/mol. The van der Waals surface area contributed by atoms with Crippen molar-refractivity contribution in [1.82, 2.24) is 0 Å². The zero-order valence-electron chi connectivity index (χ0n) is 41.1. The first kappa shape index (κ1) is 44.0. The number of benzene rings is 12. The number of furan rings is 1. The Labute approximate surface area is 437 Å². The van der Waals surface area contributed by atoms with Crippen LogP contribution in [0.3, 0.4) is 0 Å². The second-order valence-corrected chi connectivity index (χ2v) is 19.5. The molecule has 0 fully saturated rings. The van der Waals surface area contributed by atoms with Crippen molar-refractivity contribution in [2.45, 2.75) is 5.41 Å². The first-order valence-electron chi connectivity index (χ1n) is 25.8. The third-order valence-electron chi connectivity index (χ3n) is 15.4. The highest BCUT2D eigenvalue weighted by molar-refractivity contribution is 6.12. The molecule has 0 amide bonds. The van der Waals surface area contributed by atoms with Crippen LogP contribution in [0.4, 0.5) is 17.1 Å². The minimum absolute atomic E-state index is 0.470. The monoisotopic (exact) mass is 955 g/mol. The molecule has 0 N–H and O–H groups in total. The van der Waals surface area contributed by atoms with Crippen LogP contribution in [-0.4, -0.2) is 0 Å². The minimum Gasteiger partial charge on any atom is -0.456 e. The van der Waals surface area contributed by atoms with Gasteiger partial charge < -0.3 is 9.32 Å². The van der Waals surface area contributed by atoms with E-state index in [1.54, 1.807) is 0 Å². The van der Waals surface area contributed by atoms with Crippen molar-refractivity contribution in [1.29, 1.82) is 0 Å². The van der Waals surface area contributed by atoms with Gasteiger partial charge in [-0.15, -0.1) is 0 Å². The van der Waals surface area contributed by atoms with Gasteiger partial charge in [-0.1, -0.05) is 231 Å². The second kappa shape index (κ2) is 18.4. The van der Waals surface area contributed by atoms with Gasteiger partial charge in [-0.2, -0.15) is 0 Å². The maximum Gasteiger partial charge on any atom is 0.136 e. The molecule has 0 atom stereocenters. The van der Waals surface area contributed by atoms with Crippen molar-refractivity contribution in [3.05, 3.63) is 320 Å². The van der Waals surface area contributed by atoms with Crippen LogP contribution in [0.1, 0.15) is 22.3 Å². The van der Waals surface area contributed by atoms with Crippen molar-refractivity contribution in [3.63, 3.8) is 0 Å². The van der Waals surface area contributed by atoms with Gasteiger partial charge in [0.15, 0.2) is 0 Å². The summed E-state index contributed by atoms with van der Waals surface area (Å²) in [7, 11) is 0. The molecule has 0 unspecified atom stereocenters. The smallest absolute Gasteiger partial charge is 0.136 e. The molecule has 2 nitrogen and oxygen atoms in total. The summed E-state index contributed by atoms with van der Waals surface area (Å²) in [6.07, 6.45) is 0. The van der Waals surface area contributed by atoms with Crippen LogP contribution in [0.2, 0.25) is 0 Å². The first-order valence-corrected chi connectivity index (χ1v) is 25.8. The summed E-state index contributed by atoms with van der Waals surface area (Å²) in [6.45, 7) is 0. The molecule has 352 valence electrons. The SMILES string of the molecule is c1ccc(-c2cc(-c3ccccc3)cc(-c3ccc(N(c4ccc(-c5cccc6c5-c5ccccc5C6(c5ccccc5)c5ccccc5)cc4)c4ccc(-c5cccc6oc7ccccc7c56)cc4)cc3)c2)cc1. The van der Waals surface area contributed by atoms with Crippen molar-refractivity contribution in [2.75, 3.05) is 4.90 Å². The quantitative estimate of drug-likeness (QED) is 0.136. The maximum absolute atomic E-state index is 6.32. The highest BCUT2D eigenvalue weighted by Crippen LogP contribution is 2.58. The molecule has 1 heterocycles. The number of anilines is 3. The number of nitrogens with zero attached hydrogens (tertiary/aromatic N) is 1. The fourth-order valence-corrected chi connectivity index (χ4v) is 12.0. The number of fused-ring (bicyclic) bond motifs is 6. The summed E-state index contributed by atoms with van der Waals surface area (Å²) in [4.78, 5) is 2.38. The van der Waals surface area contributed by atoms with Crippen molar-refractivity contribution in [3.8, 4) is 66.8 Å². The lowest BCUT2D eigenvalue weighted by Crippen LogP contribution is -2.28. The van der Waals surface area contributed by atoms with Crippen LogP contribution in [0, 0.1) is 0 Å². The highest BCUT2D eigenvalue weighted by Gasteiger charge is 2.46. The van der Waals surface area contributed by atoms with E-state index in [1.165, 1.54) is 72.3 Å². The zero-order valence-corrected chi connectivity index (χ0v) is 41.1. The Morgan fingerprint density at radius 1 is 0.267 bits per heavy atom. The molecule has 0 saturated heterocycles. The summed E-state index contributed by atoms with van der Waals surface area (Å²) >= 11 is 0. The van der Waals surface area contributed by atoms with E-state index in [4.69, 9.17) is 4.42 Å². The Balaban J connectivity index is 0.888. The van der Waals surface area contributed by atoms with Crippen LogP contribution in [0.25, 0.3) is 88.7 Å². The molecular weight excluding hydrogens is 907 g/mol. The van der Waals surface area contributed by atoms with Gasteiger partial charge in [0.25, 0.3) is 0 Å². The predicted octanol–water partition coefficient (Wildman–Crippen LogP) is 19.8. The fourth-order valence-electron chi connectivity index (χ4n) is 12.0. The first-order chi connectivity index (χ1) is 37.2. The molecular formula is C73H49NO. The topological polar surface area (TPSA) is 16.4 Å². The molecule has 12 aromatic carbocycles. The van der Waals surface area contributed by atoms with E-state index in [1.807, 2.05) is 12.1 Å². The molecule has 13 aromatic rings. The summed E-state index contributed by atoms with van der Waals surface area (Å²) in [5, 5.41) is 2.26. The summed E-state index contributed by atoms with van der Waals surface area (Å²) < 4.78 is 6.32. The normalized spacial score (nSPS) is 12.4. The van der Waals surface area contributed by atoms with Gasteiger partial charge in [-0.05, 0) is 156 Å². The molecule has 1 aliphatic carbocycles. The molecule has 0 bridgehead atoms. The Morgan fingerprint density at radius 3 is 1.24 bits per heavy atom. The lowest BCUT2D eigenvalue weighted by atomic mass is 9.67. The molecule has 0 spiro atoms. The lowest BCUT2D eigenvalue weighted by Gasteiger charge is -2.34. The van der Waals surface area contributed by atoms with Crippen LogP contribution < -0.4 is 4.90 Å². The number of hydrogen-bond donors (Lipinski definition) is 0. The molecule has 75 heavy (non-hydrogen) atoms. The van der Waals surface area contributed by atoms with Crippen molar-refractivity contribution in [2.24, 2.45) is 0 Å². The van der Waals surface area contributed by atoms with Gasteiger partial charge >= 0.3 is 0 Å². The van der Waals surface area contributed by atoms with Crippen molar-refractivity contribution < 1.29 is 4.42 Å². The lowest BCUT2D eigenvalue weighted by molar-refractivity contribution is 0.669. The number of hydrogen-bond acceptors (Lipinski definition) is 2. The standard InChI is InChI=1S/C73H49NO/c1-5-19-50(20-6-1)55-47-56(51-21-7-2-8-22-51)49-57(48-55)52-35-41-60(42-36-52)74(62-45-39-54(40-46-62)64-30-18-34-70-72(64)66-28-14-16-33-69(66)75-70)61-43-37-53(38-44-61)63-29-17-32-68-71(63)65-27-13-15-31-67(65)73(68,58-23-9-3-10-24-58)59-25-11-4-12-26-59/h1-49H. The van der Waals surface area contributed by atoms with Crippen LogP contribution in [0.15, 0.2) is 302 Å². The zero-order chi connectivity index (χ0) is 49.7. The average molecular weight is 956 g/mol. The van der Waals surface area contributed by atoms with Crippen molar-refractivity contribution >= 4 is 39.0 Å². The highest BCUT2D eigenvalue weighted by atomic mass is 16.3. The van der Waals surface area contributed by atoms with E-state index in [2.05, 4.69) is 290 Å². The molecule has 14 rings (SSSR count). The number of rotatable bonds is 10. The Kier molecular flexibility index (Phi) is 10.8.